The molecule has 0 saturated heterocycles. The Morgan fingerprint density at radius 3 is 2.35 bits per heavy atom. The van der Waals surface area contributed by atoms with Crippen LogP contribution in [0.15, 0.2) is 24.3 Å². The summed E-state index contributed by atoms with van der Waals surface area (Å²) in [5.74, 6) is -0.0449. The molecule has 0 spiro atoms. The average molecular weight is 255 g/mol. The molecule has 0 radical (unpaired) electrons. The maximum absolute atomic E-state index is 11.6. The Kier molecular flexibility index (Phi) is 5.49. The van der Waals surface area contributed by atoms with Crippen LogP contribution in [0.25, 0.3) is 0 Å². The van der Waals surface area contributed by atoms with Crippen molar-refractivity contribution in [2.45, 2.75) is 12.8 Å². The van der Waals surface area contributed by atoms with Gasteiger partial charge in [-0.25, -0.2) is 0 Å². The Morgan fingerprint density at radius 2 is 1.82 bits per heavy atom. The minimum Gasteiger partial charge on any atom is -0.355 e. The van der Waals surface area contributed by atoms with E-state index in [1.54, 1.807) is 24.3 Å². The Balaban J connectivity index is 2.49. The SMILES string of the molecule is CCNC(=O)CNC(=O)c1ccc(CCl)cc1. The van der Waals surface area contributed by atoms with E-state index in [0.717, 1.165) is 5.56 Å². The van der Waals surface area contributed by atoms with Crippen LogP contribution in [0.1, 0.15) is 22.8 Å². The van der Waals surface area contributed by atoms with Gasteiger partial charge in [0.1, 0.15) is 0 Å². The first kappa shape index (κ1) is 13.5. The van der Waals surface area contributed by atoms with E-state index in [0.29, 0.717) is 18.0 Å². The highest BCUT2D eigenvalue weighted by molar-refractivity contribution is 6.17. The van der Waals surface area contributed by atoms with Crippen molar-refractivity contribution in [2.24, 2.45) is 0 Å². The van der Waals surface area contributed by atoms with Gasteiger partial charge < -0.3 is 10.6 Å². The van der Waals surface area contributed by atoms with Gasteiger partial charge in [-0.3, -0.25) is 9.59 Å². The summed E-state index contributed by atoms with van der Waals surface area (Å²) in [5.41, 5.74) is 1.47. The molecule has 1 rings (SSSR count). The number of nitrogens with one attached hydrogen (secondary N) is 2. The number of rotatable bonds is 5. The number of hydrogen-bond acceptors (Lipinski definition) is 2. The maximum Gasteiger partial charge on any atom is 0.251 e. The van der Waals surface area contributed by atoms with Crippen molar-refractivity contribution in [3.05, 3.63) is 35.4 Å². The van der Waals surface area contributed by atoms with Gasteiger partial charge in [0.25, 0.3) is 5.91 Å². The first-order chi connectivity index (χ1) is 8.17. The molecule has 0 aliphatic carbocycles. The van der Waals surface area contributed by atoms with Crippen molar-refractivity contribution in [2.75, 3.05) is 13.1 Å². The topological polar surface area (TPSA) is 58.2 Å². The molecular weight excluding hydrogens is 240 g/mol. The van der Waals surface area contributed by atoms with Gasteiger partial charge in [-0.05, 0) is 24.6 Å². The first-order valence-electron chi connectivity index (χ1n) is 5.37. The lowest BCUT2D eigenvalue weighted by Gasteiger charge is -2.05. The van der Waals surface area contributed by atoms with Crippen LogP contribution in [-0.4, -0.2) is 24.9 Å². The summed E-state index contributed by atoms with van der Waals surface area (Å²) >= 11 is 5.64. The van der Waals surface area contributed by atoms with Crippen LogP contribution in [0.3, 0.4) is 0 Å². The molecule has 1 aromatic rings. The zero-order valence-electron chi connectivity index (χ0n) is 9.63. The van der Waals surface area contributed by atoms with Gasteiger partial charge in [0.15, 0.2) is 0 Å². The van der Waals surface area contributed by atoms with E-state index in [2.05, 4.69) is 10.6 Å². The summed E-state index contributed by atoms with van der Waals surface area (Å²) in [5, 5.41) is 5.14. The second kappa shape index (κ2) is 6.91. The molecule has 0 heterocycles. The Labute approximate surface area is 105 Å². The van der Waals surface area contributed by atoms with Gasteiger partial charge in [-0.15, -0.1) is 11.6 Å². The molecule has 0 bridgehead atoms. The Bertz CT molecular complexity index is 390. The molecule has 5 heteroatoms. The zero-order chi connectivity index (χ0) is 12.7. The van der Waals surface area contributed by atoms with Gasteiger partial charge in [-0.2, -0.15) is 0 Å². The maximum atomic E-state index is 11.6. The molecule has 0 fully saturated rings. The second-order valence-corrected chi connectivity index (χ2v) is 3.73. The number of carbonyl (C=O) groups excluding carboxylic acids is 2. The molecular formula is C12H15ClN2O2. The fourth-order valence-electron chi connectivity index (χ4n) is 1.27. The number of amides is 2. The fraction of sp³-hybridized carbons (Fsp3) is 0.333. The van der Waals surface area contributed by atoms with E-state index < -0.39 is 0 Å². The summed E-state index contributed by atoms with van der Waals surface area (Å²) < 4.78 is 0. The number of carbonyl (C=O) groups is 2. The fourth-order valence-corrected chi connectivity index (χ4v) is 1.45. The minimum absolute atomic E-state index is 0.00999. The lowest BCUT2D eigenvalue weighted by molar-refractivity contribution is -0.120. The average Bonchev–Trinajstić information content (AvgIpc) is 2.36. The summed E-state index contributed by atoms with van der Waals surface area (Å²) in [6, 6.07) is 6.94. The second-order valence-electron chi connectivity index (χ2n) is 3.47. The minimum atomic E-state index is -0.266. The quantitative estimate of drug-likeness (QED) is 0.778. The first-order valence-corrected chi connectivity index (χ1v) is 5.90. The van der Waals surface area contributed by atoms with Crippen molar-refractivity contribution < 1.29 is 9.59 Å². The molecule has 4 nitrogen and oxygen atoms in total. The largest absolute Gasteiger partial charge is 0.355 e. The van der Waals surface area contributed by atoms with Crippen LogP contribution in [0.5, 0.6) is 0 Å². The number of benzene rings is 1. The zero-order valence-corrected chi connectivity index (χ0v) is 10.4. The van der Waals surface area contributed by atoms with E-state index in [4.69, 9.17) is 11.6 Å². The molecule has 0 aromatic heterocycles. The third-order valence-corrected chi connectivity index (χ3v) is 2.46. The molecule has 0 aliphatic rings. The Morgan fingerprint density at radius 1 is 1.18 bits per heavy atom. The van der Waals surface area contributed by atoms with Crippen molar-refractivity contribution >= 4 is 23.4 Å². The van der Waals surface area contributed by atoms with E-state index in [9.17, 15) is 9.59 Å². The third-order valence-electron chi connectivity index (χ3n) is 2.15. The number of hydrogen-bond donors (Lipinski definition) is 2. The smallest absolute Gasteiger partial charge is 0.251 e. The van der Waals surface area contributed by atoms with E-state index >= 15 is 0 Å². The lowest BCUT2D eigenvalue weighted by Crippen LogP contribution is -2.36. The van der Waals surface area contributed by atoms with Gasteiger partial charge in [-0.1, -0.05) is 12.1 Å². The van der Waals surface area contributed by atoms with E-state index in [1.807, 2.05) is 6.92 Å². The lowest BCUT2D eigenvalue weighted by atomic mass is 10.1. The summed E-state index contributed by atoms with van der Waals surface area (Å²) in [4.78, 5) is 22.8. The van der Waals surface area contributed by atoms with Crippen molar-refractivity contribution in [1.29, 1.82) is 0 Å². The van der Waals surface area contributed by atoms with E-state index in [1.165, 1.54) is 0 Å². The van der Waals surface area contributed by atoms with Crippen LogP contribution in [0.4, 0.5) is 0 Å². The highest BCUT2D eigenvalue weighted by Crippen LogP contribution is 2.06. The van der Waals surface area contributed by atoms with Crippen LogP contribution in [-0.2, 0) is 10.7 Å². The molecule has 2 amide bonds. The standard InChI is InChI=1S/C12H15ClN2O2/c1-2-14-11(16)8-15-12(17)10-5-3-9(7-13)4-6-10/h3-6H,2,7-8H2,1H3,(H,14,16)(H,15,17). The van der Waals surface area contributed by atoms with E-state index in [-0.39, 0.29) is 18.4 Å². The van der Waals surface area contributed by atoms with Crippen molar-refractivity contribution in [1.82, 2.24) is 10.6 Å². The molecule has 0 saturated carbocycles. The molecule has 0 aliphatic heterocycles. The summed E-state index contributed by atoms with van der Waals surface area (Å²) in [6.45, 7) is 2.37. The number of alkyl halides is 1. The molecule has 0 unspecified atom stereocenters. The number of likely N-dealkylation sites (N-methyl/N-ethyl adjacent to an activating group) is 1. The van der Waals surface area contributed by atoms with Gasteiger partial charge in [0.05, 0.1) is 6.54 Å². The van der Waals surface area contributed by atoms with Crippen LogP contribution in [0.2, 0.25) is 0 Å². The summed E-state index contributed by atoms with van der Waals surface area (Å²) in [7, 11) is 0. The van der Waals surface area contributed by atoms with Crippen molar-refractivity contribution in [3.63, 3.8) is 0 Å². The predicted molar refractivity (Wildman–Crippen MR) is 67.0 cm³/mol. The molecule has 92 valence electrons. The molecule has 1 aromatic carbocycles. The highest BCUT2D eigenvalue weighted by atomic mass is 35.5. The third kappa shape index (κ3) is 4.44. The molecule has 17 heavy (non-hydrogen) atoms. The monoisotopic (exact) mass is 254 g/mol. The van der Waals surface area contributed by atoms with Crippen LogP contribution >= 0.6 is 11.6 Å². The van der Waals surface area contributed by atoms with Gasteiger partial charge in [0.2, 0.25) is 5.91 Å². The Hall–Kier alpha value is -1.55. The normalized spacial score (nSPS) is 9.76. The van der Waals surface area contributed by atoms with Crippen molar-refractivity contribution in [3.8, 4) is 0 Å². The highest BCUT2D eigenvalue weighted by Gasteiger charge is 2.06. The van der Waals surface area contributed by atoms with Gasteiger partial charge in [0, 0.05) is 18.0 Å². The summed E-state index contributed by atoms with van der Waals surface area (Å²) in [6.07, 6.45) is 0. The van der Waals surface area contributed by atoms with Crippen LogP contribution < -0.4 is 10.6 Å². The molecule has 0 atom stereocenters. The van der Waals surface area contributed by atoms with Gasteiger partial charge >= 0.3 is 0 Å². The van der Waals surface area contributed by atoms with Crippen LogP contribution in [0, 0.1) is 0 Å². The predicted octanol–water partition coefficient (Wildman–Crippen LogP) is 1.29. The number of halogens is 1. The molecule has 2 N–H and O–H groups in total.